The van der Waals surface area contributed by atoms with Gasteiger partial charge >= 0.3 is 0 Å². The third-order valence-electron chi connectivity index (χ3n) is 3.06. The monoisotopic (exact) mass is 224 g/mol. The highest BCUT2D eigenvalue weighted by molar-refractivity contribution is 5.15. The molecule has 0 amide bonds. The van der Waals surface area contributed by atoms with Gasteiger partial charge < -0.3 is 9.84 Å². The summed E-state index contributed by atoms with van der Waals surface area (Å²) in [6, 6.07) is 6.18. The fourth-order valence-electron chi connectivity index (χ4n) is 2.05. The summed E-state index contributed by atoms with van der Waals surface area (Å²) >= 11 is 0. The van der Waals surface area contributed by atoms with Crippen molar-refractivity contribution in [2.45, 2.75) is 44.5 Å². The van der Waals surface area contributed by atoms with E-state index >= 15 is 0 Å². The molecule has 0 aliphatic heterocycles. The second-order valence-electron chi connectivity index (χ2n) is 4.42. The molecule has 0 aromatic heterocycles. The highest BCUT2D eigenvalue weighted by atomic mass is 19.1. The summed E-state index contributed by atoms with van der Waals surface area (Å²) in [6.07, 6.45) is 4.60. The SMILES string of the molecule is OC1(OCc2ccc(F)cc2)CCCCC1. The number of ether oxygens (including phenoxy) is 1. The van der Waals surface area contributed by atoms with Gasteiger partial charge in [-0.3, -0.25) is 0 Å². The first-order valence-electron chi connectivity index (χ1n) is 5.79. The standard InChI is InChI=1S/C13H17FO2/c14-12-6-4-11(5-7-12)10-16-13(15)8-2-1-3-9-13/h4-7,15H,1-3,8-10H2. The van der Waals surface area contributed by atoms with Crippen LogP contribution >= 0.6 is 0 Å². The van der Waals surface area contributed by atoms with Crippen LogP contribution in [0.3, 0.4) is 0 Å². The number of rotatable bonds is 3. The molecule has 1 fully saturated rings. The molecule has 0 unspecified atom stereocenters. The third kappa shape index (κ3) is 3.03. The number of benzene rings is 1. The molecule has 0 radical (unpaired) electrons. The van der Waals surface area contributed by atoms with Gasteiger partial charge in [0.05, 0.1) is 6.61 Å². The zero-order chi connectivity index (χ0) is 11.4. The van der Waals surface area contributed by atoms with Crippen LogP contribution in [0.2, 0.25) is 0 Å². The summed E-state index contributed by atoms with van der Waals surface area (Å²) in [4.78, 5) is 0. The lowest BCUT2D eigenvalue weighted by Gasteiger charge is -2.31. The molecule has 0 bridgehead atoms. The van der Waals surface area contributed by atoms with Crippen molar-refractivity contribution in [1.82, 2.24) is 0 Å². The van der Waals surface area contributed by atoms with Crippen molar-refractivity contribution in [3.8, 4) is 0 Å². The summed E-state index contributed by atoms with van der Waals surface area (Å²) in [5.74, 6) is -1.22. The molecule has 2 rings (SSSR count). The molecule has 1 aromatic rings. The lowest BCUT2D eigenvalue weighted by atomic mass is 9.94. The summed E-state index contributed by atoms with van der Waals surface area (Å²) in [5.41, 5.74) is 0.889. The molecular formula is C13H17FO2. The zero-order valence-electron chi connectivity index (χ0n) is 9.29. The van der Waals surface area contributed by atoms with Crippen LogP contribution in [0.25, 0.3) is 0 Å². The van der Waals surface area contributed by atoms with E-state index in [0.717, 1.165) is 18.4 Å². The Morgan fingerprint density at radius 2 is 1.75 bits per heavy atom. The maximum Gasteiger partial charge on any atom is 0.165 e. The predicted octanol–water partition coefficient (Wildman–Crippen LogP) is 3.00. The first-order valence-corrected chi connectivity index (χ1v) is 5.79. The van der Waals surface area contributed by atoms with E-state index in [2.05, 4.69) is 0 Å². The Kier molecular flexibility index (Phi) is 3.56. The Hall–Kier alpha value is -0.930. The Bertz CT molecular complexity index is 328. The number of aliphatic hydroxyl groups is 1. The predicted molar refractivity (Wildman–Crippen MR) is 59.2 cm³/mol. The molecular weight excluding hydrogens is 207 g/mol. The van der Waals surface area contributed by atoms with Gasteiger partial charge in [-0.1, -0.05) is 18.6 Å². The van der Waals surface area contributed by atoms with Crippen LogP contribution in [-0.4, -0.2) is 10.9 Å². The van der Waals surface area contributed by atoms with Gasteiger partial charge in [0.15, 0.2) is 5.79 Å². The van der Waals surface area contributed by atoms with E-state index in [1.165, 1.54) is 18.6 Å². The molecule has 3 heteroatoms. The van der Waals surface area contributed by atoms with Crippen molar-refractivity contribution in [1.29, 1.82) is 0 Å². The molecule has 1 N–H and O–H groups in total. The van der Waals surface area contributed by atoms with Crippen molar-refractivity contribution in [2.24, 2.45) is 0 Å². The van der Waals surface area contributed by atoms with Gasteiger partial charge in [-0.05, 0) is 30.5 Å². The number of halogens is 1. The maximum absolute atomic E-state index is 12.7. The normalized spacial score (nSPS) is 19.6. The molecule has 1 aliphatic rings. The van der Waals surface area contributed by atoms with Crippen molar-refractivity contribution >= 4 is 0 Å². The molecule has 0 heterocycles. The molecule has 1 saturated carbocycles. The van der Waals surface area contributed by atoms with Gasteiger partial charge in [0.1, 0.15) is 5.82 Å². The van der Waals surface area contributed by atoms with Crippen LogP contribution in [0.1, 0.15) is 37.7 Å². The van der Waals surface area contributed by atoms with Gasteiger partial charge in [-0.25, -0.2) is 4.39 Å². The highest BCUT2D eigenvalue weighted by Gasteiger charge is 2.29. The Labute approximate surface area is 95.1 Å². The van der Waals surface area contributed by atoms with Crippen LogP contribution in [0.4, 0.5) is 4.39 Å². The average molecular weight is 224 g/mol. The van der Waals surface area contributed by atoms with E-state index in [1.54, 1.807) is 12.1 Å². The second kappa shape index (κ2) is 4.93. The quantitative estimate of drug-likeness (QED) is 0.800. The second-order valence-corrected chi connectivity index (χ2v) is 4.42. The van der Waals surface area contributed by atoms with E-state index in [-0.39, 0.29) is 5.82 Å². The summed E-state index contributed by atoms with van der Waals surface area (Å²) < 4.78 is 18.2. The van der Waals surface area contributed by atoms with Gasteiger partial charge in [-0.2, -0.15) is 0 Å². The Morgan fingerprint density at radius 1 is 1.12 bits per heavy atom. The molecule has 1 aromatic carbocycles. The summed E-state index contributed by atoms with van der Waals surface area (Å²) in [5, 5.41) is 10.1. The van der Waals surface area contributed by atoms with Gasteiger partial charge in [0.2, 0.25) is 0 Å². The first-order chi connectivity index (χ1) is 7.68. The minimum Gasteiger partial charge on any atom is -0.365 e. The smallest absolute Gasteiger partial charge is 0.165 e. The Morgan fingerprint density at radius 3 is 2.38 bits per heavy atom. The van der Waals surface area contributed by atoms with E-state index in [1.807, 2.05) is 0 Å². The first kappa shape index (κ1) is 11.6. The minimum absolute atomic E-state index is 0.250. The molecule has 0 saturated heterocycles. The summed E-state index contributed by atoms with van der Waals surface area (Å²) in [7, 11) is 0. The van der Waals surface area contributed by atoms with Crippen LogP contribution < -0.4 is 0 Å². The average Bonchev–Trinajstić information content (AvgIpc) is 2.29. The van der Waals surface area contributed by atoms with Crippen LogP contribution in [0, 0.1) is 5.82 Å². The van der Waals surface area contributed by atoms with E-state index in [4.69, 9.17) is 4.74 Å². The molecule has 1 aliphatic carbocycles. The number of hydrogen-bond acceptors (Lipinski definition) is 2. The van der Waals surface area contributed by atoms with Gasteiger partial charge in [0.25, 0.3) is 0 Å². The highest BCUT2D eigenvalue weighted by Crippen LogP contribution is 2.29. The van der Waals surface area contributed by atoms with Crippen molar-refractivity contribution in [3.63, 3.8) is 0 Å². The molecule has 0 spiro atoms. The zero-order valence-corrected chi connectivity index (χ0v) is 9.29. The summed E-state index contributed by atoms with van der Waals surface area (Å²) in [6.45, 7) is 0.344. The van der Waals surface area contributed by atoms with Gasteiger partial charge in [0, 0.05) is 12.8 Å². The lowest BCUT2D eigenvalue weighted by Crippen LogP contribution is -2.34. The third-order valence-corrected chi connectivity index (χ3v) is 3.06. The molecule has 88 valence electrons. The van der Waals surface area contributed by atoms with Gasteiger partial charge in [-0.15, -0.1) is 0 Å². The van der Waals surface area contributed by atoms with E-state index < -0.39 is 5.79 Å². The molecule has 16 heavy (non-hydrogen) atoms. The molecule has 0 atom stereocenters. The van der Waals surface area contributed by atoms with Crippen LogP contribution in [0.5, 0.6) is 0 Å². The fourth-order valence-corrected chi connectivity index (χ4v) is 2.05. The number of hydrogen-bond donors (Lipinski definition) is 1. The lowest BCUT2D eigenvalue weighted by molar-refractivity contribution is -0.227. The maximum atomic E-state index is 12.7. The van der Waals surface area contributed by atoms with Crippen molar-refractivity contribution in [2.75, 3.05) is 0 Å². The largest absolute Gasteiger partial charge is 0.365 e. The van der Waals surface area contributed by atoms with Crippen molar-refractivity contribution < 1.29 is 14.2 Å². The Balaban J connectivity index is 1.88. The van der Waals surface area contributed by atoms with Crippen molar-refractivity contribution in [3.05, 3.63) is 35.6 Å². The van der Waals surface area contributed by atoms with Crippen LogP contribution in [0.15, 0.2) is 24.3 Å². The van der Waals surface area contributed by atoms with E-state index in [9.17, 15) is 9.50 Å². The molecule has 2 nitrogen and oxygen atoms in total. The minimum atomic E-state index is -0.966. The fraction of sp³-hybridized carbons (Fsp3) is 0.538. The van der Waals surface area contributed by atoms with Crippen LogP contribution in [-0.2, 0) is 11.3 Å². The van der Waals surface area contributed by atoms with E-state index in [0.29, 0.717) is 19.4 Å². The topological polar surface area (TPSA) is 29.5 Å².